The summed E-state index contributed by atoms with van der Waals surface area (Å²) in [7, 11) is 0. The zero-order chi connectivity index (χ0) is 9.68. The molecule has 0 atom stereocenters. The second-order valence-corrected chi connectivity index (χ2v) is 2.44. The zero-order valence-corrected chi connectivity index (χ0v) is 7.12. The Morgan fingerprint density at radius 2 is 2.54 bits per heavy atom. The lowest BCUT2D eigenvalue weighted by atomic mass is 10.3. The van der Waals surface area contributed by atoms with Gasteiger partial charge in [-0.15, -0.1) is 6.58 Å². The van der Waals surface area contributed by atoms with Crippen molar-refractivity contribution in [1.29, 1.82) is 5.26 Å². The molecule has 1 aromatic heterocycles. The van der Waals surface area contributed by atoms with Gasteiger partial charge in [-0.2, -0.15) is 5.26 Å². The number of hydrogen-bond acceptors (Lipinski definition) is 4. The lowest BCUT2D eigenvalue weighted by molar-refractivity contribution is 1.22. The van der Waals surface area contributed by atoms with E-state index in [1.54, 1.807) is 12.1 Å². The molecule has 4 heteroatoms. The van der Waals surface area contributed by atoms with E-state index in [0.29, 0.717) is 23.6 Å². The summed E-state index contributed by atoms with van der Waals surface area (Å²) in [6.45, 7) is 4.16. The Morgan fingerprint density at radius 1 is 1.77 bits per heavy atom. The minimum absolute atomic E-state index is 0.460. The van der Waals surface area contributed by atoms with Crippen LogP contribution < -0.4 is 11.1 Å². The minimum atomic E-state index is 0.460. The summed E-state index contributed by atoms with van der Waals surface area (Å²) in [5.74, 6) is 0.582. The summed E-state index contributed by atoms with van der Waals surface area (Å²) in [6.07, 6.45) is 3.18. The molecule has 0 aliphatic carbocycles. The van der Waals surface area contributed by atoms with Crippen molar-refractivity contribution in [3.63, 3.8) is 0 Å². The van der Waals surface area contributed by atoms with Crippen LogP contribution in [0, 0.1) is 11.3 Å². The van der Waals surface area contributed by atoms with Gasteiger partial charge >= 0.3 is 0 Å². The topological polar surface area (TPSA) is 74.7 Å². The fourth-order valence-corrected chi connectivity index (χ4v) is 0.859. The highest BCUT2D eigenvalue weighted by Gasteiger charge is 1.99. The van der Waals surface area contributed by atoms with Gasteiger partial charge in [-0.3, -0.25) is 0 Å². The van der Waals surface area contributed by atoms with Crippen LogP contribution in [0.3, 0.4) is 0 Å². The van der Waals surface area contributed by atoms with E-state index in [4.69, 9.17) is 11.0 Å². The number of hydrogen-bond donors (Lipinski definition) is 2. The predicted octanol–water partition coefficient (Wildman–Crippen LogP) is 1.13. The maximum atomic E-state index is 8.55. The van der Waals surface area contributed by atoms with Gasteiger partial charge in [0.15, 0.2) is 0 Å². The van der Waals surface area contributed by atoms with E-state index in [9.17, 15) is 0 Å². The van der Waals surface area contributed by atoms with E-state index >= 15 is 0 Å². The monoisotopic (exact) mass is 174 g/mol. The molecule has 1 heterocycles. The molecule has 0 unspecified atom stereocenters. The fraction of sp³-hybridized carbons (Fsp3) is 0.111. The fourth-order valence-electron chi connectivity index (χ4n) is 0.859. The van der Waals surface area contributed by atoms with Crippen LogP contribution in [0.15, 0.2) is 24.9 Å². The first-order valence-corrected chi connectivity index (χ1v) is 3.78. The molecule has 1 aromatic rings. The van der Waals surface area contributed by atoms with Crippen molar-refractivity contribution in [2.45, 2.75) is 0 Å². The average molecular weight is 174 g/mol. The molecular formula is C9H10N4. The van der Waals surface area contributed by atoms with E-state index in [0.717, 1.165) is 0 Å². The quantitative estimate of drug-likeness (QED) is 0.673. The third kappa shape index (κ3) is 2.20. The first-order valence-electron chi connectivity index (χ1n) is 3.78. The molecule has 0 aliphatic heterocycles. The van der Waals surface area contributed by atoms with Gasteiger partial charge in [0.05, 0.1) is 11.3 Å². The highest BCUT2D eigenvalue weighted by Crippen LogP contribution is 2.15. The molecule has 0 bridgehead atoms. The first-order chi connectivity index (χ1) is 6.27. The molecule has 66 valence electrons. The van der Waals surface area contributed by atoms with Crippen molar-refractivity contribution in [3.05, 3.63) is 30.5 Å². The van der Waals surface area contributed by atoms with E-state index in [1.807, 2.05) is 6.07 Å². The van der Waals surface area contributed by atoms with Crippen molar-refractivity contribution in [2.75, 3.05) is 17.6 Å². The van der Waals surface area contributed by atoms with Gasteiger partial charge in [-0.25, -0.2) is 4.98 Å². The number of nitriles is 1. The molecule has 0 fully saturated rings. The summed E-state index contributed by atoms with van der Waals surface area (Å²) < 4.78 is 0. The van der Waals surface area contributed by atoms with Gasteiger partial charge in [-0.05, 0) is 6.07 Å². The summed E-state index contributed by atoms with van der Waals surface area (Å²) in [5, 5.41) is 11.5. The van der Waals surface area contributed by atoms with Crippen molar-refractivity contribution in [2.24, 2.45) is 0 Å². The maximum absolute atomic E-state index is 8.55. The number of nitrogen functional groups attached to an aromatic ring is 1. The molecular weight excluding hydrogens is 164 g/mol. The van der Waals surface area contributed by atoms with Crippen LogP contribution in [0.5, 0.6) is 0 Å². The number of rotatable bonds is 3. The van der Waals surface area contributed by atoms with E-state index in [-0.39, 0.29) is 0 Å². The third-order valence-corrected chi connectivity index (χ3v) is 1.46. The van der Waals surface area contributed by atoms with Crippen LogP contribution in [0.2, 0.25) is 0 Å². The molecule has 13 heavy (non-hydrogen) atoms. The Morgan fingerprint density at radius 3 is 3.08 bits per heavy atom. The standard InChI is InChI=1S/C9H10N4/c1-2-3-12-9-8(11)4-7(5-10)6-13-9/h2,4,6H,1,3,11H2,(H,12,13). The summed E-state index contributed by atoms with van der Waals surface area (Å²) in [5.41, 5.74) is 6.56. The van der Waals surface area contributed by atoms with Crippen LogP contribution in [0.25, 0.3) is 0 Å². The Kier molecular flexibility index (Phi) is 2.87. The second kappa shape index (κ2) is 4.12. The number of anilines is 2. The summed E-state index contributed by atoms with van der Waals surface area (Å²) >= 11 is 0. The Labute approximate surface area is 76.7 Å². The highest BCUT2D eigenvalue weighted by molar-refractivity contribution is 5.63. The van der Waals surface area contributed by atoms with Crippen LogP contribution >= 0.6 is 0 Å². The summed E-state index contributed by atoms with van der Waals surface area (Å²) in [4.78, 5) is 3.98. The van der Waals surface area contributed by atoms with Gasteiger partial charge in [0.1, 0.15) is 11.9 Å². The molecule has 0 aliphatic rings. The van der Waals surface area contributed by atoms with Crippen LogP contribution in [0.4, 0.5) is 11.5 Å². The van der Waals surface area contributed by atoms with Crippen molar-refractivity contribution in [3.8, 4) is 6.07 Å². The van der Waals surface area contributed by atoms with Gasteiger partial charge in [-0.1, -0.05) is 6.08 Å². The highest BCUT2D eigenvalue weighted by atomic mass is 15.0. The van der Waals surface area contributed by atoms with E-state index in [1.165, 1.54) is 6.20 Å². The normalized spacial score (nSPS) is 8.85. The lowest BCUT2D eigenvalue weighted by Crippen LogP contribution is -2.04. The molecule has 0 amide bonds. The van der Waals surface area contributed by atoms with Gasteiger partial charge in [0, 0.05) is 12.7 Å². The maximum Gasteiger partial charge on any atom is 0.149 e. The van der Waals surface area contributed by atoms with Crippen molar-refractivity contribution < 1.29 is 0 Å². The van der Waals surface area contributed by atoms with E-state index < -0.39 is 0 Å². The molecule has 1 rings (SSSR count). The SMILES string of the molecule is C=CCNc1ncc(C#N)cc1N. The number of nitrogens with two attached hydrogens (primary N) is 1. The van der Waals surface area contributed by atoms with Gasteiger partial charge in [0.2, 0.25) is 0 Å². The predicted molar refractivity (Wildman–Crippen MR) is 52.1 cm³/mol. The molecule has 0 saturated carbocycles. The van der Waals surface area contributed by atoms with Crippen LogP contribution in [-0.4, -0.2) is 11.5 Å². The number of aromatic nitrogens is 1. The number of pyridine rings is 1. The molecule has 0 spiro atoms. The van der Waals surface area contributed by atoms with Crippen molar-refractivity contribution >= 4 is 11.5 Å². The zero-order valence-electron chi connectivity index (χ0n) is 7.12. The second-order valence-electron chi connectivity index (χ2n) is 2.44. The largest absolute Gasteiger partial charge is 0.396 e. The lowest BCUT2D eigenvalue weighted by Gasteiger charge is -2.04. The first kappa shape index (κ1) is 9.07. The van der Waals surface area contributed by atoms with E-state index in [2.05, 4.69) is 16.9 Å². The average Bonchev–Trinajstić information content (AvgIpc) is 2.16. The van der Waals surface area contributed by atoms with Crippen LogP contribution in [-0.2, 0) is 0 Å². The Bertz CT molecular complexity index is 351. The Hall–Kier alpha value is -2.02. The third-order valence-electron chi connectivity index (χ3n) is 1.46. The molecule has 0 radical (unpaired) electrons. The van der Waals surface area contributed by atoms with Gasteiger partial charge in [0.25, 0.3) is 0 Å². The molecule has 0 aromatic carbocycles. The van der Waals surface area contributed by atoms with Crippen molar-refractivity contribution in [1.82, 2.24) is 4.98 Å². The number of nitrogens with one attached hydrogen (secondary N) is 1. The number of nitrogens with zero attached hydrogens (tertiary/aromatic N) is 2. The van der Waals surface area contributed by atoms with Crippen LogP contribution in [0.1, 0.15) is 5.56 Å². The van der Waals surface area contributed by atoms with Gasteiger partial charge < -0.3 is 11.1 Å². The minimum Gasteiger partial charge on any atom is -0.396 e. The molecule has 3 N–H and O–H groups in total. The Balaban J connectivity index is 2.86. The molecule has 4 nitrogen and oxygen atoms in total. The summed E-state index contributed by atoms with van der Waals surface area (Å²) in [6, 6.07) is 3.54. The molecule has 0 saturated heterocycles. The smallest absolute Gasteiger partial charge is 0.149 e.